The molecule has 1 aromatic rings. The molecule has 0 spiro atoms. The van der Waals surface area contributed by atoms with Crippen LogP contribution in [0.25, 0.3) is 0 Å². The fourth-order valence-corrected chi connectivity index (χ4v) is 2.18. The minimum Gasteiger partial charge on any atom is -0.494 e. The molecule has 0 unspecified atom stereocenters. The lowest BCUT2D eigenvalue weighted by Crippen LogP contribution is -2.14. The fourth-order valence-electron chi connectivity index (χ4n) is 2.18. The summed E-state index contributed by atoms with van der Waals surface area (Å²) in [7, 11) is 0. The Kier molecular flexibility index (Phi) is 6.42. The van der Waals surface area contributed by atoms with Gasteiger partial charge in [0.25, 0.3) is 0 Å². The van der Waals surface area contributed by atoms with E-state index in [1.165, 1.54) is 0 Å². The number of hydrogen-bond donors (Lipinski definition) is 1. The van der Waals surface area contributed by atoms with Gasteiger partial charge in [0.05, 0.1) is 6.61 Å². The molecule has 2 rings (SSSR count). The molecule has 116 valence electrons. The molecule has 0 amide bonds. The maximum atomic E-state index is 11.9. The number of nitrogens with zero attached hydrogens (tertiary/aromatic N) is 1. The molecule has 0 saturated carbocycles. The summed E-state index contributed by atoms with van der Waals surface area (Å²) in [5.41, 5.74) is 1.77. The summed E-state index contributed by atoms with van der Waals surface area (Å²) in [5.74, 6) is 0.881. The topological polar surface area (TPSA) is 51.2 Å². The van der Waals surface area contributed by atoms with Gasteiger partial charge in [-0.1, -0.05) is 12.7 Å². The Balaban J connectivity index is 1.56. The molecule has 1 aliphatic rings. The van der Waals surface area contributed by atoms with Crippen LogP contribution in [-0.2, 0) is 4.74 Å². The van der Waals surface area contributed by atoms with Crippen LogP contribution >= 0.6 is 0 Å². The lowest BCUT2D eigenvalue weighted by molar-refractivity contribution is 0.0977. The Labute approximate surface area is 131 Å². The number of unbranched alkanes of at least 4 members (excludes halogenated alkanes) is 2. The highest BCUT2D eigenvalue weighted by molar-refractivity contribution is 5.95. The summed E-state index contributed by atoms with van der Waals surface area (Å²) in [6.45, 7) is 5.34. The van der Waals surface area contributed by atoms with Gasteiger partial charge in [-0.2, -0.15) is 0 Å². The first-order chi connectivity index (χ1) is 10.8. The zero-order chi connectivity index (χ0) is 15.6. The van der Waals surface area contributed by atoms with E-state index in [0.717, 1.165) is 37.1 Å². The third kappa shape index (κ3) is 5.20. The zero-order valence-corrected chi connectivity index (χ0v) is 12.8. The predicted molar refractivity (Wildman–Crippen MR) is 87.4 cm³/mol. The monoisotopic (exact) mass is 298 g/mol. The molecule has 22 heavy (non-hydrogen) atoms. The molecule has 1 aliphatic heterocycles. The SMILES string of the molecule is C=C(OCCCCCC(=O)c1cccnc1)C1=CC=CNC1. The second-order valence-corrected chi connectivity index (χ2v) is 5.18. The van der Waals surface area contributed by atoms with Crippen molar-refractivity contribution in [1.29, 1.82) is 0 Å². The molecule has 4 heteroatoms. The summed E-state index contributed by atoms with van der Waals surface area (Å²) < 4.78 is 5.64. The number of ketones is 1. The predicted octanol–water partition coefficient (Wildman–Crippen LogP) is 3.40. The minimum absolute atomic E-state index is 0.156. The van der Waals surface area contributed by atoms with Gasteiger partial charge in [-0.15, -0.1) is 0 Å². The van der Waals surface area contributed by atoms with Crippen LogP contribution in [-0.4, -0.2) is 23.9 Å². The highest BCUT2D eigenvalue weighted by Crippen LogP contribution is 2.13. The quantitative estimate of drug-likeness (QED) is 0.431. The van der Waals surface area contributed by atoms with E-state index in [4.69, 9.17) is 4.74 Å². The number of carbonyl (C=O) groups excluding carboxylic acids is 1. The van der Waals surface area contributed by atoms with Crippen molar-refractivity contribution in [3.8, 4) is 0 Å². The summed E-state index contributed by atoms with van der Waals surface area (Å²) >= 11 is 0. The van der Waals surface area contributed by atoms with Crippen LogP contribution in [0.2, 0.25) is 0 Å². The van der Waals surface area contributed by atoms with Crippen molar-refractivity contribution < 1.29 is 9.53 Å². The Morgan fingerprint density at radius 1 is 1.36 bits per heavy atom. The number of Topliss-reactive ketones (excluding diaryl/α,β-unsaturated/α-hetero) is 1. The van der Waals surface area contributed by atoms with Crippen molar-refractivity contribution >= 4 is 5.78 Å². The van der Waals surface area contributed by atoms with Crippen LogP contribution in [0.4, 0.5) is 0 Å². The molecule has 4 nitrogen and oxygen atoms in total. The first-order valence-electron chi connectivity index (χ1n) is 7.62. The van der Waals surface area contributed by atoms with Gasteiger partial charge in [0.2, 0.25) is 0 Å². The van der Waals surface area contributed by atoms with Crippen molar-refractivity contribution in [2.75, 3.05) is 13.2 Å². The van der Waals surface area contributed by atoms with Gasteiger partial charge in [-0.3, -0.25) is 9.78 Å². The first-order valence-corrected chi connectivity index (χ1v) is 7.62. The average molecular weight is 298 g/mol. The van der Waals surface area contributed by atoms with Crippen molar-refractivity contribution in [3.05, 3.63) is 66.4 Å². The number of carbonyl (C=O) groups is 1. The van der Waals surface area contributed by atoms with Gasteiger partial charge in [0.15, 0.2) is 5.78 Å². The number of pyridine rings is 1. The number of allylic oxidation sites excluding steroid dienone is 2. The van der Waals surface area contributed by atoms with Crippen LogP contribution in [0.1, 0.15) is 36.0 Å². The Morgan fingerprint density at radius 2 is 2.27 bits per heavy atom. The number of hydrogen-bond acceptors (Lipinski definition) is 4. The summed E-state index contributed by atoms with van der Waals surface area (Å²) in [6.07, 6.45) is 12.5. The Morgan fingerprint density at radius 3 is 3.00 bits per heavy atom. The third-order valence-corrected chi connectivity index (χ3v) is 3.47. The normalized spacial score (nSPS) is 13.2. The lowest BCUT2D eigenvalue weighted by atomic mass is 10.1. The van der Waals surface area contributed by atoms with E-state index in [-0.39, 0.29) is 5.78 Å². The first kappa shape index (κ1) is 16.0. The second kappa shape index (κ2) is 8.82. The largest absolute Gasteiger partial charge is 0.494 e. The summed E-state index contributed by atoms with van der Waals surface area (Å²) in [5, 5.41) is 3.12. The van der Waals surface area contributed by atoms with Gasteiger partial charge in [-0.25, -0.2) is 0 Å². The third-order valence-electron chi connectivity index (χ3n) is 3.47. The van der Waals surface area contributed by atoms with Crippen molar-refractivity contribution in [2.45, 2.75) is 25.7 Å². The Bertz CT molecular complexity index is 562. The van der Waals surface area contributed by atoms with E-state index in [0.29, 0.717) is 18.6 Å². The van der Waals surface area contributed by atoms with Gasteiger partial charge >= 0.3 is 0 Å². The lowest BCUT2D eigenvalue weighted by Gasteiger charge is -2.14. The van der Waals surface area contributed by atoms with Crippen LogP contribution < -0.4 is 5.32 Å². The number of aromatic nitrogens is 1. The minimum atomic E-state index is 0.156. The van der Waals surface area contributed by atoms with Crippen molar-refractivity contribution in [2.24, 2.45) is 0 Å². The molecule has 0 bridgehead atoms. The molecule has 0 atom stereocenters. The Hall–Kier alpha value is -2.36. The van der Waals surface area contributed by atoms with E-state index in [1.807, 2.05) is 24.4 Å². The fraction of sp³-hybridized carbons (Fsp3) is 0.333. The van der Waals surface area contributed by atoms with Gasteiger partial charge in [0.1, 0.15) is 5.76 Å². The van der Waals surface area contributed by atoms with E-state index >= 15 is 0 Å². The van der Waals surface area contributed by atoms with Crippen molar-refractivity contribution in [3.63, 3.8) is 0 Å². The van der Waals surface area contributed by atoms with Crippen LogP contribution in [0, 0.1) is 0 Å². The molecular formula is C18H22N2O2. The average Bonchev–Trinajstić information content (AvgIpc) is 2.59. The van der Waals surface area contributed by atoms with E-state index in [2.05, 4.69) is 16.9 Å². The van der Waals surface area contributed by atoms with Crippen LogP contribution in [0.15, 0.2) is 60.8 Å². The van der Waals surface area contributed by atoms with E-state index < -0.39 is 0 Å². The molecule has 2 heterocycles. The molecular weight excluding hydrogens is 276 g/mol. The second-order valence-electron chi connectivity index (χ2n) is 5.18. The standard InChI is InChI=1S/C18H22N2O2/c1-15(16-7-5-10-19-13-16)22-12-4-2-3-9-18(21)17-8-6-11-20-14-17/h5-8,10-11,14,19H,1-4,9,12-13H2. The molecule has 0 aliphatic carbocycles. The molecule has 0 radical (unpaired) electrons. The highest BCUT2D eigenvalue weighted by Gasteiger charge is 2.06. The molecule has 1 N–H and O–H groups in total. The molecule has 0 aromatic carbocycles. The van der Waals surface area contributed by atoms with Crippen molar-refractivity contribution in [1.82, 2.24) is 10.3 Å². The maximum absolute atomic E-state index is 11.9. The highest BCUT2D eigenvalue weighted by atomic mass is 16.5. The summed E-state index contributed by atoms with van der Waals surface area (Å²) in [6, 6.07) is 3.60. The maximum Gasteiger partial charge on any atom is 0.164 e. The number of dihydropyridines is 1. The van der Waals surface area contributed by atoms with Gasteiger partial charge in [0, 0.05) is 36.5 Å². The molecule has 0 saturated heterocycles. The summed E-state index contributed by atoms with van der Waals surface area (Å²) in [4.78, 5) is 15.8. The molecule has 1 aromatic heterocycles. The zero-order valence-electron chi connectivity index (χ0n) is 12.8. The smallest absolute Gasteiger partial charge is 0.164 e. The molecule has 0 fully saturated rings. The van der Waals surface area contributed by atoms with Gasteiger partial charge in [-0.05, 0) is 43.7 Å². The number of ether oxygens (including phenoxy) is 1. The van der Waals surface area contributed by atoms with Crippen LogP contribution in [0.3, 0.4) is 0 Å². The van der Waals surface area contributed by atoms with E-state index in [1.54, 1.807) is 18.5 Å². The van der Waals surface area contributed by atoms with Gasteiger partial charge < -0.3 is 10.1 Å². The number of nitrogens with one attached hydrogen (secondary N) is 1. The van der Waals surface area contributed by atoms with Crippen LogP contribution in [0.5, 0.6) is 0 Å². The number of rotatable bonds is 9. The van der Waals surface area contributed by atoms with E-state index in [9.17, 15) is 4.79 Å².